The van der Waals surface area contributed by atoms with Gasteiger partial charge < -0.3 is 9.84 Å². The number of carbonyl (C=O) groups is 1. The van der Waals surface area contributed by atoms with Crippen molar-refractivity contribution >= 4 is 21.9 Å². The summed E-state index contributed by atoms with van der Waals surface area (Å²) < 4.78 is 31.7. The minimum atomic E-state index is -3.01. The van der Waals surface area contributed by atoms with Gasteiger partial charge in [-0.1, -0.05) is 41.4 Å². The average molecular weight is 351 g/mol. The molecule has 1 aromatic rings. The van der Waals surface area contributed by atoms with E-state index in [1.54, 1.807) is 19.1 Å². The second kappa shape index (κ2) is 7.13. The molecule has 3 nitrogen and oxygen atoms in total. The quantitative estimate of drug-likeness (QED) is 0.798. The van der Waals surface area contributed by atoms with Crippen LogP contribution in [0.5, 0.6) is 0 Å². The highest BCUT2D eigenvalue weighted by atomic mass is 79.9. The van der Waals surface area contributed by atoms with Crippen molar-refractivity contribution in [2.45, 2.75) is 31.8 Å². The van der Waals surface area contributed by atoms with E-state index in [0.29, 0.717) is 6.42 Å². The Hall–Kier alpha value is -1.01. The van der Waals surface area contributed by atoms with Gasteiger partial charge in [-0.2, -0.15) is 0 Å². The molecule has 0 spiro atoms. The first-order chi connectivity index (χ1) is 9.36. The fourth-order valence-corrected chi connectivity index (χ4v) is 2.50. The Kier molecular flexibility index (Phi) is 6.07. The summed E-state index contributed by atoms with van der Waals surface area (Å²) in [5, 5.41) is 10.7. The van der Waals surface area contributed by atoms with Gasteiger partial charge >= 0.3 is 5.97 Å². The molecule has 1 rings (SSSR count). The molecule has 0 fully saturated rings. The summed E-state index contributed by atoms with van der Waals surface area (Å²) >= 11 is 3.24. The van der Waals surface area contributed by atoms with E-state index in [0.717, 1.165) is 11.6 Å². The van der Waals surface area contributed by atoms with Crippen molar-refractivity contribution in [2.24, 2.45) is 5.92 Å². The maximum Gasteiger partial charge on any atom is 0.317 e. The first-order valence-corrected chi connectivity index (χ1v) is 7.00. The molecule has 20 heavy (non-hydrogen) atoms. The lowest BCUT2D eigenvalue weighted by molar-refractivity contribution is -0.170. The molecule has 0 aromatic heterocycles. The molecule has 112 valence electrons. The summed E-state index contributed by atoms with van der Waals surface area (Å²) in [6, 6.07) is 6.32. The van der Waals surface area contributed by atoms with Crippen molar-refractivity contribution in [3.05, 3.63) is 34.3 Å². The number of esters is 1. The van der Waals surface area contributed by atoms with Gasteiger partial charge in [0.15, 0.2) is 5.92 Å². The number of carbonyl (C=O) groups excluding carboxylic acids is 1. The Morgan fingerprint density at radius 2 is 1.95 bits per heavy atom. The third kappa shape index (κ3) is 3.55. The zero-order valence-electron chi connectivity index (χ0n) is 11.3. The highest BCUT2D eigenvalue weighted by molar-refractivity contribution is 9.10. The van der Waals surface area contributed by atoms with Crippen LogP contribution in [0.4, 0.5) is 8.78 Å². The van der Waals surface area contributed by atoms with Crippen LogP contribution in [0.15, 0.2) is 28.7 Å². The zero-order chi connectivity index (χ0) is 15.3. The first-order valence-electron chi connectivity index (χ1n) is 6.21. The molecule has 6 heteroatoms. The van der Waals surface area contributed by atoms with E-state index in [4.69, 9.17) is 0 Å². The molecule has 0 saturated heterocycles. The molecule has 0 aliphatic heterocycles. The third-order valence-corrected chi connectivity index (χ3v) is 3.73. The molecule has 0 amide bonds. The summed E-state index contributed by atoms with van der Waals surface area (Å²) in [4.78, 5) is 11.6. The lowest BCUT2D eigenvalue weighted by atomic mass is 9.78. The molecular formula is C14H17BrF2O3. The van der Waals surface area contributed by atoms with Crippen LogP contribution in [0.2, 0.25) is 0 Å². The Labute approximate surface area is 125 Å². The fraction of sp³-hybridized carbons (Fsp3) is 0.500. The zero-order valence-corrected chi connectivity index (χ0v) is 12.9. The van der Waals surface area contributed by atoms with Crippen LogP contribution in [0.25, 0.3) is 0 Å². The Balaban J connectivity index is 3.30. The minimum Gasteiger partial charge on any atom is -0.469 e. The van der Waals surface area contributed by atoms with Crippen molar-refractivity contribution in [1.82, 2.24) is 0 Å². The summed E-state index contributed by atoms with van der Waals surface area (Å²) in [6.07, 6.45) is -2.52. The number of halogens is 3. The lowest BCUT2D eigenvalue weighted by Crippen LogP contribution is -2.44. The standard InChI is InChI=1S/C14H17BrF2O3/c1-3-8-14(19,9-4-6-10(15)7-5-9)11(12(16)17)13(18)20-2/h4-7,11-12,19H,3,8H2,1-2H3. The first kappa shape index (κ1) is 17.0. The lowest BCUT2D eigenvalue weighted by Gasteiger charge is -2.34. The predicted octanol–water partition coefficient (Wildman–Crippen LogP) is 3.49. The summed E-state index contributed by atoms with van der Waals surface area (Å²) in [5.41, 5.74) is -1.67. The molecule has 0 bridgehead atoms. The number of aliphatic hydroxyl groups is 1. The number of hydrogen-bond donors (Lipinski definition) is 1. The van der Waals surface area contributed by atoms with Crippen LogP contribution in [0, 0.1) is 5.92 Å². The minimum absolute atomic E-state index is 0.0404. The van der Waals surface area contributed by atoms with Crippen LogP contribution in [0.1, 0.15) is 25.3 Å². The summed E-state index contributed by atoms with van der Waals surface area (Å²) in [6.45, 7) is 1.75. The van der Waals surface area contributed by atoms with E-state index in [2.05, 4.69) is 20.7 Å². The van der Waals surface area contributed by atoms with E-state index >= 15 is 0 Å². The fourth-order valence-electron chi connectivity index (χ4n) is 2.23. The maximum absolute atomic E-state index is 13.3. The van der Waals surface area contributed by atoms with Gasteiger partial charge in [0.1, 0.15) is 5.60 Å². The Morgan fingerprint density at radius 1 is 1.40 bits per heavy atom. The number of benzene rings is 1. The molecule has 1 N–H and O–H groups in total. The maximum atomic E-state index is 13.3. The second-order valence-electron chi connectivity index (χ2n) is 4.52. The van der Waals surface area contributed by atoms with Gasteiger partial charge in [0, 0.05) is 4.47 Å². The smallest absolute Gasteiger partial charge is 0.317 e. The SMILES string of the molecule is CCCC(O)(c1ccc(Br)cc1)C(C(=O)OC)C(F)F. The van der Waals surface area contributed by atoms with Crippen LogP contribution in [0.3, 0.4) is 0 Å². The molecule has 1 aromatic carbocycles. The number of rotatable bonds is 6. The van der Waals surface area contributed by atoms with Gasteiger partial charge in [-0.25, -0.2) is 8.78 Å². The highest BCUT2D eigenvalue weighted by Crippen LogP contribution is 2.39. The summed E-state index contributed by atoms with van der Waals surface area (Å²) in [5.74, 6) is -3.02. The number of alkyl halides is 2. The monoisotopic (exact) mass is 350 g/mol. The number of ether oxygens (including phenoxy) is 1. The molecule has 0 radical (unpaired) electrons. The highest BCUT2D eigenvalue weighted by Gasteiger charge is 2.48. The van der Waals surface area contributed by atoms with Gasteiger partial charge in [0.2, 0.25) is 0 Å². The largest absolute Gasteiger partial charge is 0.469 e. The number of methoxy groups -OCH3 is 1. The van der Waals surface area contributed by atoms with Crippen LogP contribution >= 0.6 is 15.9 Å². The summed E-state index contributed by atoms with van der Waals surface area (Å²) in [7, 11) is 1.03. The van der Waals surface area contributed by atoms with Gasteiger partial charge in [-0.3, -0.25) is 4.79 Å². The molecule has 0 aliphatic carbocycles. The van der Waals surface area contributed by atoms with Gasteiger partial charge in [-0.05, 0) is 24.1 Å². The Bertz CT molecular complexity index is 450. The molecule has 0 heterocycles. The molecule has 0 saturated carbocycles. The van der Waals surface area contributed by atoms with E-state index in [1.165, 1.54) is 12.1 Å². The van der Waals surface area contributed by atoms with E-state index in [9.17, 15) is 18.7 Å². The van der Waals surface area contributed by atoms with Gasteiger partial charge in [0.25, 0.3) is 6.43 Å². The van der Waals surface area contributed by atoms with Crippen molar-refractivity contribution in [1.29, 1.82) is 0 Å². The van der Waals surface area contributed by atoms with Crippen molar-refractivity contribution in [2.75, 3.05) is 7.11 Å². The molecule has 2 unspecified atom stereocenters. The van der Waals surface area contributed by atoms with Crippen molar-refractivity contribution in [3.8, 4) is 0 Å². The van der Waals surface area contributed by atoms with Crippen molar-refractivity contribution < 1.29 is 23.4 Å². The van der Waals surface area contributed by atoms with Crippen LogP contribution in [-0.2, 0) is 15.1 Å². The third-order valence-electron chi connectivity index (χ3n) is 3.20. The predicted molar refractivity (Wildman–Crippen MR) is 74.5 cm³/mol. The Morgan fingerprint density at radius 3 is 2.35 bits per heavy atom. The second-order valence-corrected chi connectivity index (χ2v) is 5.43. The average Bonchev–Trinajstić information content (AvgIpc) is 2.39. The topological polar surface area (TPSA) is 46.5 Å². The van der Waals surface area contributed by atoms with Crippen LogP contribution < -0.4 is 0 Å². The normalized spacial score (nSPS) is 15.8. The van der Waals surface area contributed by atoms with E-state index < -0.39 is 23.9 Å². The van der Waals surface area contributed by atoms with E-state index in [-0.39, 0.29) is 12.0 Å². The molecule has 0 aliphatic rings. The van der Waals surface area contributed by atoms with Crippen LogP contribution in [-0.4, -0.2) is 24.6 Å². The van der Waals surface area contributed by atoms with Gasteiger partial charge in [-0.15, -0.1) is 0 Å². The molecule has 2 atom stereocenters. The number of hydrogen-bond acceptors (Lipinski definition) is 3. The van der Waals surface area contributed by atoms with E-state index in [1.807, 2.05) is 0 Å². The molecular weight excluding hydrogens is 334 g/mol. The van der Waals surface area contributed by atoms with Crippen molar-refractivity contribution in [3.63, 3.8) is 0 Å². The van der Waals surface area contributed by atoms with Gasteiger partial charge in [0.05, 0.1) is 7.11 Å².